The number of tetrazole rings is 1. The van der Waals surface area contributed by atoms with Gasteiger partial charge in [0.25, 0.3) is 0 Å². The Labute approximate surface area is 167 Å². The Morgan fingerprint density at radius 3 is 2.52 bits per heavy atom. The number of nitrogens with zero attached hydrogens (tertiary/aromatic N) is 4. The lowest BCUT2D eigenvalue weighted by atomic mass is 10.0. The number of carbonyl (C=O) groups is 1. The van der Waals surface area contributed by atoms with Crippen molar-refractivity contribution in [1.82, 2.24) is 25.5 Å². The smallest absolute Gasteiger partial charge is 0.245 e. The molecule has 1 amide bonds. The van der Waals surface area contributed by atoms with Crippen LogP contribution in [-0.4, -0.2) is 32.2 Å². The third-order valence-corrected chi connectivity index (χ3v) is 4.96. The highest BCUT2D eigenvalue weighted by Gasteiger charge is 2.23. The van der Waals surface area contributed by atoms with Crippen LogP contribution in [0.25, 0.3) is 0 Å². The first-order valence-electron chi connectivity index (χ1n) is 8.93. The average molecular weight is 428 g/mol. The zero-order valence-corrected chi connectivity index (χ0v) is 16.7. The van der Waals surface area contributed by atoms with Gasteiger partial charge in [-0.25, -0.2) is 4.68 Å². The van der Waals surface area contributed by atoms with Crippen molar-refractivity contribution in [2.24, 2.45) is 0 Å². The van der Waals surface area contributed by atoms with Crippen LogP contribution >= 0.6 is 15.9 Å². The summed E-state index contributed by atoms with van der Waals surface area (Å²) in [6.07, 6.45) is 3.79. The summed E-state index contributed by atoms with van der Waals surface area (Å²) in [7, 11) is 0. The highest BCUT2D eigenvalue weighted by molar-refractivity contribution is 9.10. The molecule has 0 saturated heterocycles. The van der Waals surface area contributed by atoms with E-state index in [1.165, 1.54) is 16.6 Å². The van der Waals surface area contributed by atoms with Crippen LogP contribution < -0.4 is 5.32 Å². The first-order valence-corrected chi connectivity index (χ1v) is 9.72. The zero-order chi connectivity index (χ0) is 19.1. The number of hydrogen-bond acceptors (Lipinski definition) is 4. The minimum Gasteiger partial charge on any atom is -0.352 e. The Kier molecular flexibility index (Phi) is 6.70. The second kappa shape index (κ2) is 9.41. The van der Waals surface area contributed by atoms with Gasteiger partial charge in [0, 0.05) is 16.9 Å². The van der Waals surface area contributed by atoms with Crippen molar-refractivity contribution in [3.8, 4) is 0 Å². The summed E-state index contributed by atoms with van der Waals surface area (Å²) in [6, 6.07) is 17.7. The number of rotatable bonds is 8. The van der Waals surface area contributed by atoms with Crippen LogP contribution in [0.1, 0.15) is 30.5 Å². The number of carbonyl (C=O) groups excluding carboxylic acids is 1. The highest BCUT2D eigenvalue weighted by atomic mass is 79.9. The van der Waals surface area contributed by atoms with Gasteiger partial charge in [-0.3, -0.25) is 4.79 Å². The van der Waals surface area contributed by atoms with E-state index in [1.807, 2.05) is 49.4 Å². The predicted octanol–water partition coefficient (Wildman–Crippen LogP) is 3.36. The van der Waals surface area contributed by atoms with Crippen molar-refractivity contribution in [3.63, 3.8) is 0 Å². The summed E-state index contributed by atoms with van der Waals surface area (Å²) >= 11 is 3.44. The fourth-order valence-electron chi connectivity index (χ4n) is 2.90. The van der Waals surface area contributed by atoms with Crippen molar-refractivity contribution < 1.29 is 4.79 Å². The molecule has 0 bridgehead atoms. The van der Waals surface area contributed by atoms with Crippen molar-refractivity contribution in [2.75, 3.05) is 0 Å². The van der Waals surface area contributed by atoms with E-state index >= 15 is 0 Å². The lowest BCUT2D eigenvalue weighted by Gasteiger charge is -2.20. The molecule has 2 atom stereocenters. The SMILES string of the molecule is CC(CCc1ccc(Br)cc1)NC(=O)C(Cc1ccccc1)n1cnnn1. The Balaban J connectivity index is 1.60. The quantitative estimate of drug-likeness (QED) is 0.597. The molecule has 0 fully saturated rings. The lowest BCUT2D eigenvalue weighted by Crippen LogP contribution is -2.39. The number of amides is 1. The summed E-state index contributed by atoms with van der Waals surface area (Å²) in [4.78, 5) is 12.9. The summed E-state index contributed by atoms with van der Waals surface area (Å²) in [6.45, 7) is 2.02. The average Bonchev–Trinajstić information content (AvgIpc) is 3.21. The van der Waals surface area contributed by atoms with Gasteiger partial charge >= 0.3 is 0 Å². The van der Waals surface area contributed by atoms with Gasteiger partial charge in [0.1, 0.15) is 12.4 Å². The van der Waals surface area contributed by atoms with Gasteiger partial charge in [0.15, 0.2) is 0 Å². The van der Waals surface area contributed by atoms with Gasteiger partial charge in [-0.2, -0.15) is 0 Å². The molecular formula is C20H22BrN5O. The van der Waals surface area contributed by atoms with Crippen molar-refractivity contribution in [3.05, 3.63) is 76.5 Å². The second-order valence-electron chi connectivity index (χ2n) is 6.57. The molecule has 1 heterocycles. The van der Waals surface area contributed by atoms with Crippen molar-refractivity contribution >= 4 is 21.8 Å². The Morgan fingerprint density at radius 2 is 1.85 bits per heavy atom. The van der Waals surface area contributed by atoms with Gasteiger partial charge in [-0.1, -0.05) is 58.4 Å². The van der Waals surface area contributed by atoms with Crippen LogP contribution in [0.4, 0.5) is 0 Å². The standard InChI is InChI=1S/C20H22BrN5O/c1-15(7-8-16-9-11-18(21)12-10-16)23-20(27)19(26-14-22-24-25-26)13-17-5-3-2-4-6-17/h2-6,9-12,14-15,19H,7-8,13H2,1H3,(H,23,27). The van der Waals surface area contributed by atoms with E-state index in [-0.39, 0.29) is 11.9 Å². The van der Waals surface area contributed by atoms with Crippen LogP contribution in [0.3, 0.4) is 0 Å². The monoisotopic (exact) mass is 427 g/mol. The third kappa shape index (κ3) is 5.72. The number of aromatic nitrogens is 4. The van der Waals surface area contributed by atoms with Crippen LogP contribution in [0.15, 0.2) is 65.4 Å². The minimum atomic E-state index is -0.475. The molecule has 2 unspecified atom stereocenters. The van der Waals surface area contributed by atoms with E-state index in [0.29, 0.717) is 6.42 Å². The molecule has 1 N–H and O–H groups in total. The normalized spacial score (nSPS) is 13.1. The van der Waals surface area contributed by atoms with Gasteiger partial charge in [0.05, 0.1) is 0 Å². The van der Waals surface area contributed by atoms with Crippen LogP contribution in [0.5, 0.6) is 0 Å². The third-order valence-electron chi connectivity index (χ3n) is 4.43. The highest BCUT2D eigenvalue weighted by Crippen LogP contribution is 2.15. The lowest BCUT2D eigenvalue weighted by molar-refractivity contribution is -0.125. The van der Waals surface area contributed by atoms with Crippen LogP contribution in [-0.2, 0) is 17.6 Å². The Bertz CT molecular complexity index is 837. The number of aryl methyl sites for hydroxylation is 1. The van der Waals surface area contributed by atoms with Crippen molar-refractivity contribution in [1.29, 1.82) is 0 Å². The molecule has 2 aromatic carbocycles. The molecule has 7 heteroatoms. The zero-order valence-electron chi connectivity index (χ0n) is 15.1. The molecular weight excluding hydrogens is 406 g/mol. The van der Waals surface area contributed by atoms with Crippen molar-refractivity contribution in [2.45, 2.75) is 38.3 Å². The number of benzene rings is 2. The van der Waals surface area contributed by atoms with Gasteiger partial charge < -0.3 is 5.32 Å². The van der Waals surface area contributed by atoms with E-state index in [9.17, 15) is 4.79 Å². The second-order valence-corrected chi connectivity index (χ2v) is 7.49. The fourth-order valence-corrected chi connectivity index (χ4v) is 3.16. The molecule has 6 nitrogen and oxygen atoms in total. The number of hydrogen-bond donors (Lipinski definition) is 1. The molecule has 0 aliphatic rings. The van der Waals surface area contributed by atoms with E-state index in [4.69, 9.17) is 0 Å². The maximum Gasteiger partial charge on any atom is 0.245 e. The summed E-state index contributed by atoms with van der Waals surface area (Å²) in [5, 5.41) is 14.4. The maximum atomic E-state index is 12.9. The number of nitrogens with one attached hydrogen (secondary N) is 1. The topological polar surface area (TPSA) is 72.7 Å². The van der Waals surface area contributed by atoms with Gasteiger partial charge in [-0.15, -0.1) is 5.10 Å². The molecule has 0 aliphatic carbocycles. The molecule has 0 radical (unpaired) electrons. The first kappa shape index (κ1) is 19.2. The van der Waals surface area contributed by atoms with Gasteiger partial charge in [0.2, 0.25) is 5.91 Å². The summed E-state index contributed by atoms with van der Waals surface area (Å²) in [5.74, 6) is -0.0746. The van der Waals surface area contributed by atoms with E-state index in [1.54, 1.807) is 0 Å². The molecule has 3 rings (SSSR count). The molecule has 1 aromatic heterocycles. The summed E-state index contributed by atoms with van der Waals surface area (Å²) < 4.78 is 2.59. The van der Waals surface area contributed by atoms with Crippen LogP contribution in [0.2, 0.25) is 0 Å². The molecule has 27 heavy (non-hydrogen) atoms. The largest absolute Gasteiger partial charge is 0.352 e. The minimum absolute atomic E-state index is 0.0518. The molecule has 0 saturated carbocycles. The first-order chi connectivity index (χ1) is 13.1. The predicted molar refractivity (Wildman–Crippen MR) is 107 cm³/mol. The summed E-state index contributed by atoms with van der Waals surface area (Å²) in [5.41, 5.74) is 2.32. The molecule has 0 aliphatic heterocycles. The fraction of sp³-hybridized carbons (Fsp3) is 0.300. The van der Waals surface area contributed by atoms with E-state index in [0.717, 1.165) is 22.9 Å². The molecule has 0 spiro atoms. The van der Waals surface area contributed by atoms with Gasteiger partial charge in [-0.05, 0) is 53.5 Å². The van der Waals surface area contributed by atoms with Crippen LogP contribution in [0, 0.1) is 0 Å². The van der Waals surface area contributed by atoms with E-state index < -0.39 is 6.04 Å². The maximum absolute atomic E-state index is 12.9. The molecule has 140 valence electrons. The molecule has 3 aromatic rings. The Hall–Kier alpha value is -2.54. The number of halogens is 1. The van der Waals surface area contributed by atoms with E-state index in [2.05, 4.69) is 48.9 Å². The Morgan fingerprint density at radius 1 is 1.11 bits per heavy atom.